The van der Waals surface area contributed by atoms with E-state index in [1.807, 2.05) is 6.92 Å². The molecular weight excluding hydrogens is 336 g/mol. The van der Waals surface area contributed by atoms with Crippen LogP contribution in [0.2, 0.25) is 0 Å². The van der Waals surface area contributed by atoms with Crippen molar-refractivity contribution in [1.82, 2.24) is 10.2 Å². The highest BCUT2D eigenvalue weighted by molar-refractivity contribution is 6.31. The van der Waals surface area contributed by atoms with Crippen LogP contribution in [-0.4, -0.2) is 43.0 Å². The van der Waals surface area contributed by atoms with Crippen LogP contribution in [0.4, 0.5) is 4.79 Å². The molecule has 1 heterocycles. The minimum atomic E-state index is -0.677. The topological polar surface area (TPSA) is 84.9 Å². The molecule has 0 unspecified atom stereocenters. The third-order valence-electron chi connectivity index (χ3n) is 4.89. The van der Waals surface area contributed by atoms with Gasteiger partial charge in [0.2, 0.25) is 0 Å². The summed E-state index contributed by atoms with van der Waals surface area (Å²) in [4.78, 5) is 38.5. The molecule has 0 bridgehead atoms. The van der Waals surface area contributed by atoms with Gasteiger partial charge in [0, 0.05) is 6.04 Å². The minimum Gasteiger partial charge on any atom is -0.493 e. The van der Waals surface area contributed by atoms with Gasteiger partial charge >= 0.3 is 6.03 Å². The number of carbonyl (C=O) groups excluding carboxylic acids is 3. The highest BCUT2D eigenvalue weighted by Gasteiger charge is 2.40. The number of aryl methyl sites for hydroxylation is 1. The number of urea groups is 1. The Morgan fingerprint density at radius 3 is 2.31 bits per heavy atom. The van der Waals surface area contributed by atoms with E-state index in [1.165, 1.54) is 18.1 Å². The fourth-order valence-corrected chi connectivity index (χ4v) is 3.47. The molecule has 1 aromatic carbocycles. The molecular formula is C19H22N2O5. The normalized spacial score (nSPS) is 19.9. The molecule has 4 amide bonds. The predicted octanol–water partition coefficient (Wildman–Crippen LogP) is 2.42. The van der Waals surface area contributed by atoms with Crippen LogP contribution in [0.25, 0.3) is 6.08 Å². The van der Waals surface area contributed by atoms with Crippen LogP contribution in [-0.2, 0) is 9.59 Å². The number of nitrogens with zero attached hydrogens (tertiary/aromatic N) is 1. The van der Waals surface area contributed by atoms with E-state index >= 15 is 0 Å². The second-order valence-electron chi connectivity index (χ2n) is 6.49. The van der Waals surface area contributed by atoms with E-state index in [4.69, 9.17) is 9.47 Å². The van der Waals surface area contributed by atoms with Crippen LogP contribution in [0.5, 0.6) is 11.5 Å². The summed E-state index contributed by atoms with van der Waals surface area (Å²) in [5, 5.41) is 2.28. The Bertz CT molecular complexity index is 793. The van der Waals surface area contributed by atoms with Gasteiger partial charge in [0.05, 0.1) is 14.2 Å². The number of ether oxygens (including phenoxy) is 2. The Balaban J connectivity index is 2.00. The number of hydrogen-bond donors (Lipinski definition) is 1. The minimum absolute atomic E-state index is 0.0492. The van der Waals surface area contributed by atoms with Crippen LogP contribution >= 0.6 is 0 Å². The Morgan fingerprint density at radius 2 is 1.69 bits per heavy atom. The highest BCUT2D eigenvalue weighted by atomic mass is 16.5. The number of nitrogens with one attached hydrogen (secondary N) is 1. The Hall–Kier alpha value is -2.83. The first kappa shape index (κ1) is 18.0. The maximum Gasteiger partial charge on any atom is 0.331 e. The number of imide groups is 2. The van der Waals surface area contributed by atoms with Gasteiger partial charge in [-0.05, 0) is 49.1 Å². The molecule has 3 rings (SSSR count). The van der Waals surface area contributed by atoms with Crippen molar-refractivity contribution in [3.8, 4) is 11.5 Å². The van der Waals surface area contributed by atoms with Crippen LogP contribution in [0.15, 0.2) is 17.7 Å². The van der Waals surface area contributed by atoms with E-state index in [0.29, 0.717) is 17.1 Å². The summed E-state index contributed by atoms with van der Waals surface area (Å²) in [6, 6.07) is 2.70. The zero-order valence-electron chi connectivity index (χ0n) is 15.1. The molecule has 7 nitrogen and oxygen atoms in total. The average molecular weight is 358 g/mol. The maximum atomic E-state index is 12.8. The van der Waals surface area contributed by atoms with E-state index in [-0.39, 0.29) is 11.6 Å². The monoisotopic (exact) mass is 358 g/mol. The SMILES string of the molecule is COc1cc(C)c(C=C2C(=O)NC(=O)N(C3CCCC3)C2=O)cc1OC. The van der Waals surface area contributed by atoms with Crippen LogP contribution in [0.1, 0.15) is 36.8 Å². The zero-order chi connectivity index (χ0) is 18.8. The predicted molar refractivity (Wildman–Crippen MR) is 94.9 cm³/mol. The van der Waals surface area contributed by atoms with E-state index in [1.54, 1.807) is 19.2 Å². The van der Waals surface area contributed by atoms with Crippen LogP contribution in [0.3, 0.4) is 0 Å². The number of rotatable bonds is 4. The van der Waals surface area contributed by atoms with E-state index in [0.717, 1.165) is 31.2 Å². The van der Waals surface area contributed by atoms with Gasteiger partial charge in [0.1, 0.15) is 5.57 Å². The fraction of sp³-hybridized carbons (Fsp3) is 0.421. The summed E-state index contributed by atoms with van der Waals surface area (Å²) in [6.07, 6.45) is 5.00. The Kier molecular flexibility index (Phi) is 4.97. The molecule has 2 fully saturated rings. The molecule has 0 spiro atoms. The largest absolute Gasteiger partial charge is 0.493 e. The molecule has 1 aromatic rings. The molecule has 7 heteroatoms. The van der Waals surface area contributed by atoms with Gasteiger partial charge in [-0.2, -0.15) is 0 Å². The first-order chi connectivity index (χ1) is 12.5. The first-order valence-corrected chi connectivity index (χ1v) is 8.59. The molecule has 1 aliphatic heterocycles. The second-order valence-corrected chi connectivity index (χ2v) is 6.49. The molecule has 26 heavy (non-hydrogen) atoms. The first-order valence-electron chi connectivity index (χ1n) is 8.59. The van der Waals surface area contributed by atoms with Gasteiger partial charge in [-0.3, -0.25) is 19.8 Å². The number of methoxy groups -OCH3 is 2. The van der Waals surface area contributed by atoms with Gasteiger partial charge in [-0.15, -0.1) is 0 Å². The van der Waals surface area contributed by atoms with E-state index < -0.39 is 17.8 Å². The number of amides is 4. The molecule has 1 aliphatic carbocycles. The maximum absolute atomic E-state index is 12.8. The van der Waals surface area contributed by atoms with Crippen molar-refractivity contribution in [3.05, 3.63) is 28.8 Å². The van der Waals surface area contributed by atoms with Crippen molar-refractivity contribution in [2.45, 2.75) is 38.6 Å². The van der Waals surface area contributed by atoms with Crippen molar-refractivity contribution in [2.24, 2.45) is 0 Å². The smallest absolute Gasteiger partial charge is 0.331 e. The number of hydrogen-bond acceptors (Lipinski definition) is 5. The highest BCUT2D eigenvalue weighted by Crippen LogP contribution is 2.32. The lowest BCUT2D eigenvalue weighted by Crippen LogP contribution is -2.57. The van der Waals surface area contributed by atoms with Gasteiger partial charge in [-0.25, -0.2) is 4.79 Å². The van der Waals surface area contributed by atoms with Crippen molar-refractivity contribution < 1.29 is 23.9 Å². The van der Waals surface area contributed by atoms with Crippen LogP contribution in [0, 0.1) is 6.92 Å². The number of carbonyl (C=O) groups is 3. The molecule has 0 aromatic heterocycles. The summed E-state index contributed by atoms with van der Waals surface area (Å²) in [5.41, 5.74) is 1.42. The Labute approximate surface area is 151 Å². The van der Waals surface area contributed by atoms with Gasteiger partial charge < -0.3 is 9.47 Å². The molecule has 1 N–H and O–H groups in total. The average Bonchev–Trinajstić information content (AvgIpc) is 3.13. The molecule has 1 saturated heterocycles. The third-order valence-corrected chi connectivity index (χ3v) is 4.89. The molecule has 2 aliphatic rings. The van der Waals surface area contributed by atoms with Gasteiger partial charge in [-0.1, -0.05) is 12.8 Å². The number of barbiturate groups is 1. The quantitative estimate of drug-likeness (QED) is 0.660. The molecule has 0 atom stereocenters. The zero-order valence-corrected chi connectivity index (χ0v) is 15.1. The summed E-state index contributed by atoms with van der Waals surface area (Å²) in [6.45, 7) is 1.85. The lowest BCUT2D eigenvalue weighted by Gasteiger charge is -2.31. The summed E-state index contributed by atoms with van der Waals surface area (Å²) >= 11 is 0. The molecule has 0 radical (unpaired) electrons. The van der Waals surface area contributed by atoms with Gasteiger partial charge in [0.25, 0.3) is 11.8 Å². The van der Waals surface area contributed by atoms with Crippen molar-refractivity contribution >= 4 is 23.9 Å². The molecule has 1 saturated carbocycles. The lowest BCUT2D eigenvalue weighted by molar-refractivity contribution is -0.131. The van der Waals surface area contributed by atoms with Crippen molar-refractivity contribution in [1.29, 1.82) is 0 Å². The Morgan fingerprint density at radius 1 is 1.08 bits per heavy atom. The summed E-state index contributed by atoms with van der Waals surface area (Å²) in [5.74, 6) is -0.157. The third kappa shape index (κ3) is 3.16. The lowest BCUT2D eigenvalue weighted by atomic mass is 10.0. The standard InChI is InChI=1S/C19H22N2O5/c1-11-8-15(25-2)16(26-3)10-12(11)9-14-17(22)20-19(24)21(18(14)23)13-6-4-5-7-13/h8-10,13H,4-7H2,1-3H3,(H,20,22,24). The molecule has 138 valence electrons. The van der Waals surface area contributed by atoms with Crippen molar-refractivity contribution in [3.63, 3.8) is 0 Å². The fourth-order valence-electron chi connectivity index (χ4n) is 3.47. The van der Waals surface area contributed by atoms with E-state index in [2.05, 4.69) is 5.32 Å². The van der Waals surface area contributed by atoms with E-state index in [9.17, 15) is 14.4 Å². The summed E-state index contributed by atoms with van der Waals surface area (Å²) in [7, 11) is 3.06. The van der Waals surface area contributed by atoms with Gasteiger partial charge in [0.15, 0.2) is 11.5 Å². The van der Waals surface area contributed by atoms with Crippen molar-refractivity contribution in [2.75, 3.05) is 14.2 Å². The van der Waals surface area contributed by atoms with Crippen LogP contribution < -0.4 is 14.8 Å². The number of benzene rings is 1. The summed E-state index contributed by atoms with van der Waals surface area (Å²) < 4.78 is 10.5. The second kappa shape index (κ2) is 7.19.